The van der Waals surface area contributed by atoms with E-state index in [4.69, 9.17) is 22.3 Å². The molecule has 2 atom stereocenters. The van der Waals surface area contributed by atoms with Gasteiger partial charge in [0.1, 0.15) is 5.82 Å². The predicted octanol–water partition coefficient (Wildman–Crippen LogP) is 6.45. The molecule has 1 aliphatic rings. The van der Waals surface area contributed by atoms with Gasteiger partial charge in [-0.1, -0.05) is 80.9 Å². The zero-order chi connectivity index (χ0) is 26.7. The van der Waals surface area contributed by atoms with Crippen LogP contribution in [-0.4, -0.2) is 22.5 Å². The van der Waals surface area contributed by atoms with Gasteiger partial charge in [0.25, 0.3) is 5.91 Å². The Morgan fingerprint density at radius 1 is 1.05 bits per heavy atom. The van der Waals surface area contributed by atoms with E-state index >= 15 is 0 Å². The fraction of sp³-hybridized carbons (Fsp3) is 0.300. The zero-order valence-electron chi connectivity index (χ0n) is 21.2. The number of benzene rings is 3. The Bertz CT molecular complexity index is 1320. The van der Waals surface area contributed by atoms with Crippen molar-refractivity contribution in [3.63, 3.8) is 0 Å². The first-order valence-electron chi connectivity index (χ1n) is 12.4. The van der Waals surface area contributed by atoms with Crippen molar-refractivity contribution in [1.29, 1.82) is 0 Å². The van der Waals surface area contributed by atoms with Crippen LogP contribution in [-0.2, 0) is 16.9 Å². The smallest absolute Gasteiger partial charge is 0.262 e. The van der Waals surface area contributed by atoms with E-state index in [2.05, 4.69) is 13.8 Å². The summed E-state index contributed by atoms with van der Waals surface area (Å²) in [6.45, 7) is 6.19. The van der Waals surface area contributed by atoms with E-state index in [0.29, 0.717) is 17.0 Å². The molecule has 0 aromatic heterocycles. The Hall–Kier alpha value is -3.51. The van der Waals surface area contributed by atoms with E-state index in [1.807, 2.05) is 37.3 Å². The second kappa shape index (κ2) is 10.9. The van der Waals surface area contributed by atoms with Gasteiger partial charge in [-0.05, 0) is 59.2 Å². The quantitative estimate of drug-likeness (QED) is 0.330. The standard InChI is InChI=1S/C30H31ClFN3O2/c1-19(2)17-30(23-7-5-4-6-8-23)28(37)35(29(33)34-30)18-21-9-14-26(31)25(16-21)27(36)15-20(3)22-10-12-24(32)13-11-22/h4-14,16,19-20H,15,17-18H2,1-3H3,(H2,33,34)/t20-,30?/m0/s1. The van der Waals surface area contributed by atoms with Crippen LogP contribution < -0.4 is 5.73 Å². The highest BCUT2D eigenvalue weighted by Gasteiger charge is 2.49. The molecule has 2 N–H and O–H groups in total. The van der Waals surface area contributed by atoms with Crippen LogP contribution in [0.25, 0.3) is 0 Å². The maximum absolute atomic E-state index is 13.8. The highest BCUT2D eigenvalue weighted by Crippen LogP contribution is 2.39. The molecule has 0 saturated carbocycles. The number of halogens is 2. The van der Waals surface area contributed by atoms with Crippen molar-refractivity contribution in [3.05, 3.63) is 106 Å². The number of ketones is 1. The summed E-state index contributed by atoms with van der Waals surface area (Å²) in [4.78, 5) is 33.1. The maximum Gasteiger partial charge on any atom is 0.262 e. The average Bonchev–Trinajstić information content (AvgIpc) is 3.10. The molecular weight excluding hydrogens is 489 g/mol. The highest BCUT2D eigenvalue weighted by molar-refractivity contribution is 6.34. The Kier molecular flexibility index (Phi) is 7.79. The number of hydrogen-bond acceptors (Lipinski definition) is 4. The SMILES string of the molecule is CC(C)CC1(c2ccccc2)N=C(N)N(Cc2ccc(Cl)c(C(=O)C[C@H](C)c3ccc(F)cc3)c2)C1=O. The van der Waals surface area contributed by atoms with E-state index in [9.17, 15) is 14.0 Å². The molecule has 1 amide bonds. The van der Waals surface area contributed by atoms with Gasteiger partial charge in [0.15, 0.2) is 17.3 Å². The lowest BCUT2D eigenvalue weighted by atomic mass is 9.82. The molecule has 7 heteroatoms. The largest absolute Gasteiger partial charge is 0.369 e. The molecule has 0 bridgehead atoms. The normalized spacial score (nSPS) is 18.3. The molecule has 3 aromatic carbocycles. The third-order valence-corrected chi connectivity index (χ3v) is 7.07. The number of nitrogens with zero attached hydrogens (tertiary/aromatic N) is 2. The second-order valence-corrected chi connectivity index (χ2v) is 10.5. The van der Waals surface area contributed by atoms with Crippen LogP contribution in [0.15, 0.2) is 77.8 Å². The van der Waals surface area contributed by atoms with Crippen molar-refractivity contribution in [2.75, 3.05) is 0 Å². The fourth-order valence-electron chi connectivity index (χ4n) is 4.89. The van der Waals surface area contributed by atoms with E-state index in [-0.39, 0.29) is 48.3 Å². The number of guanidine groups is 1. The number of Topliss-reactive ketones (excluding diaryl/α,β-unsaturated/α-hetero) is 1. The molecule has 1 unspecified atom stereocenters. The van der Waals surface area contributed by atoms with Crippen molar-refractivity contribution in [2.45, 2.75) is 51.6 Å². The lowest BCUT2D eigenvalue weighted by Gasteiger charge is -2.28. The number of aliphatic imine (C=N–C) groups is 1. The molecule has 0 spiro atoms. The first kappa shape index (κ1) is 26.6. The van der Waals surface area contributed by atoms with Gasteiger partial charge >= 0.3 is 0 Å². The fourth-order valence-corrected chi connectivity index (χ4v) is 5.11. The summed E-state index contributed by atoms with van der Waals surface area (Å²) in [5.41, 5.74) is 8.02. The summed E-state index contributed by atoms with van der Waals surface area (Å²) in [5.74, 6) is -0.375. The van der Waals surface area contributed by atoms with Crippen molar-refractivity contribution in [2.24, 2.45) is 16.6 Å². The summed E-state index contributed by atoms with van der Waals surface area (Å²) in [6, 6.07) is 20.8. The zero-order valence-corrected chi connectivity index (χ0v) is 22.0. The number of carbonyl (C=O) groups is 2. The van der Waals surface area contributed by atoms with Crippen molar-refractivity contribution < 1.29 is 14.0 Å². The van der Waals surface area contributed by atoms with Gasteiger partial charge in [0.05, 0.1) is 11.6 Å². The molecule has 3 aromatic rings. The van der Waals surface area contributed by atoms with Crippen LogP contribution in [0, 0.1) is 11.7 Å². The van der Waals surface area contributed by atoms with Crippen LogP contribution in [0.1, 0.15) is 66.6 Å². The number of amides is 1. The van der Waals surface area contributed by atoms with Crippen LogP contribution in [0.4, 0.5) is 4.39 Å². The highest BCUT2D eigenvalue weighted by atomic mass is 35.5. The summed E-state index contributed by atoms with van der Waals surface area (Å²) in [5, 5.41) is 0.341. The van der Waals surface area contributed by atoms with Gasteiger partial charge in [0.2, 0.25) is 0 Å². The maximum atomic E-state index is 13.8. The van der Waals surface area contributed by atoms with Gasteiger partial charge in [-0.2, -0.15) is 0 Å². The molecule has 0 saturated heterocycles. The van der Waals surface area contributed by atoms with Crippen LogP contribution in [0.5, 0.6) is 0 Å². The topological polar surface area (TPSA) is 75.8 Å². The van der Waals surface area contributed by atoms with Crippen LogP contribution in [0.2, 0.25) is 5.02 Å². The minimum Gasteiger partial charge on any atom is -0.369 e. The Morgan fingerprint density at radius 2 is 1.73 bits per heavy atom. The summed E-state index contributed by atoms with van der Waals surface area (Å²) >= 11 is 6.40. The first-order valence-corrected chi connectivity index (χ1v) is 12.8. The molecule has 1 heterocycles. The van der Waals surface area contributed by atoms with E-state index in [0.717, 1.165) is 16.7 Å². The number of hydrogen-bond donors (Lipinski definition) is 1. The third-order valence-electron chi connectivity index (χ3n) is 6.74. The Balaban J connectivity index is 1.56. The molecule has 37 heavy (non-hydrogen) atoms. The summed E-state index contributed by atoms with van der Waals surface area (Å²) in [7, 11) is 0. The molecule has 1 aliphatic heterocycles. The van der Waals surface area contributed by atoms with Gasteiger partial charge < -0.3 is 5.73 Å². The number of nitrogens with two attached hydrogens (primary N) is 1. The van der Waals surface area contributed by atoms with Gasteiger partial charge in [-0.3, -0.25) is 14.5 Å². The summed E-state index contributed by atoms with van der Waals surface area (Å²) < 4.78 is 13.3. The van der Waals surface area contributed by atoms with Crippen LogP contribution in [0.3, 0.4) is 0 Å². The second-order valence-electron chi connectivity index (χ2n) is 10.1. The molecule has 0 radical (unpaired) electrons. The lowest BCUT2D eigenvalue weighted by Crippen LogP contribution is -2.43. The minimum absolute atomic E-state index is 0.113. The first-order chi connectivity index (χ1) is 17.6. The monoisotopic (exact) mass is 519 g/mol. The third kappa shape index (κ3) is 5.59. The van der Waals surface area contributed by atoms with Crippen molar-refractivity contribution in [3.8, 4) is 0 Å². The predicted molar refractivity (Wildman–Crippen MR) is 145 cm³/mol. The van der Waals surface area contributed by atoms with Gasteiger partial charge in [0, 0.05) is 12.0 Å². The molecule has 4 rings (SSSR count). The number of rotatable bonds is 9. The van der Waals surface area contributed by atoms with Crippen molar-refractivity contribution in [1.82, 2.24) is 4.90 Å². The number of carbonyl (C=O) groups excluding carboxylic acids is 2. The van der Waals surface area contributed by atoms with E-state index < -0.39 is 5.54 Å². The van der Waals surface area contributed by atoms with E-state index in [1.165, 1.54) is 17.0 Å². The lowest BCUT2D eigenvalue weighted by molar-refractivity contribution is -0.132. The van der Waals surface area contributed by atoms with Crippen molar-refractivity contribution >= 4 is 29.3 Å². The Labute approximate surface area is 222 Å². The molecule has 0 aliphatic carbocycles. The van der Waals surface area contributed by atoms with Gasteiger partial charge in [-0.25, -0.2) is 9.38 Å². The van der Waals surface area contributed by atoms with E-state index in [1.54, 1.807) is 30.3 Å². The minimum atomic E-state index is -1.07. The van der Waals surface area contributed by atoms with Gasteiger partial charge in [-0.15, -0.1) is 0 Å². The molecule has 0 fully saturated rings. The molecule has 192 valence electrons. The summed E-state index contributed by atoms with van der Waals surface area (Å²) in [6.07, 6.45) is 0.741. The average molecular weight is 520 g/mol. The Morgan fingerprint density at radius 3 is 2.38 bits per heavy atom. The molecular formula is C30H31ClFN3O2. The molecule has 5 nitrogen and oxygen atoms in total. The van der Waals surface area contributed by atoms with Crippen LogP contribution >= 0.6 is 11.6 Å².